The van der Waals surface area contributed by atoms with Crippen LogP contribution in [0.1, 0.15) is 6.92 Å². The number of sulfonamides is 1. The van der Waals surface area contributed by atoms with Gasteiger partial charge in [0.25, 0.3) is 0 Å². The van der Waals surface area contributed by atoms with Crippen molar-refractivity contribution in [2.75, 3.05) is 24.7 Å². The van der Waals surface area contributed by atoms with Gasteiger partial charge < -0.3 is 9.47 Å². The zero-order valence-electron chi connectivity index (χ0n) is 12.7. The van der Waals surface area contributed by atoms with Crippen molar-refractivity contribution < 1.29 is 17.9 Å². The number of hydrogen-bond acceptors (Lipinski definition) is 5. The summed E-state index contributed by atoms with van der Waals surface area (Å²) in [4.78, 5) is 4.11. The lowest BCUT2D eigenvalue weighted by molar-refractivity contribution is 0.341. The van der Waals surface area contributed by atoms with Gasteiger partial charge in [-0.2, -0.15) is 0 Å². The number of hydrogen-bond donors (Lipinski definition) is 1. The topological polar surface area (TPSA) is 77.5 Å². The Morgan fingerprint density at radius 3 is 2.59 bits per heavy atom. The maximum Gasteiger partial charge on any atom is 0.229 e. The second-order valence-electron chi connectivity index (χ2n) is 4.59. The number of pyridine rings is 1. The Labute approximate surface area is 130 Å². The number of benzene rings is 1. The fraction of sp³-hybridized carbons (Fsp3) is 0.267. The molecule has 0 bridgehead atoms. The number of ether oxygens (including phenoxy) is 2. The van der Waals surface area contributed by atoms with Gasteiger partial charge in [-0.3, -0.25) is 9.71 Å². The van der Waals surface area contributed by atoms with E-state index in [1.54, 1.807) is 43.8 Å². The van der Waals surface area contributed by atoms with Crippen LogP contribution in [0.15, 0.2) is 36.7 Å². The van der Waals surface area contributed by atoms with E-state index in [1.807, 2.05) is 6.92 Å². The maximum absolute atomic E-state index is 11.3. The van der Waals surface area contributed by atoms with Crippen LogP contribution in [-0.4, -0.2) is 33.4 Å². The van der Waals surface area contributed by atoms with Crippen LogP contribution in [0.4, 0.5) is 5.69 Å². The fourth-order valence-corrected chi connectivity index (χ4v) is 2.61. The standard InChI is InChI=1S/C15H18N2O4S/c1-4-21-15-9-11(17-22(3,18)19)5-6-12(15)13-10-16-8-7-14(13)20-2/h5-10,17H,4H2,1-3H3. The quantitative estimate of drug-likeness (QED) is 0.884. The van der Waals surface area contributed by atoms with E-state index in [4.69, 9.17) is 9.47 Å². The molecular weight excluding hydrogens is 304 g/mol. The van der Waals surface area contributed by atoms with Gasteiger partial charge in [0.05, 0.1) is 25.7 Å². The van der Waals surface area contributed by atoms with Crippen molar-refractivity contribution in [2.45, 2.75) is 6.92 Å². The van der Waals surface area contributed by atoms with Gasteiger partial charge in [0, 0.05) is 29.6 Å². The van der Waals surface area contributed by atoms with Crippen LogP contribution in [0, 0.1) is 0 Å². The smallest absolute Gasteiger partial charge is 0.229 e. The zero-order chi connectivity index (χ0) is 16.2. The summed E-state index contributed by atoms with van der Waals surface area (Å²) in [6.07, 6.45) is 4.42. The average Bonchev–Trinajstić information content (AvgIpc) is 2.46. The summed E-state index contributed by atoms with van der Waals surface area (Å²) >= 11 is 0. The largest absolute Gasteiger partial charge is 0.496 e. The van der Waals surface area contributed by atoms with E-state index in [-0.39, 0.29) is 0 Å². The van der Waals surface area contributed by atoms with Crippen LogP contribution >= 0.6 is 0 Å². The lowest BCUT2D eigenvalue weighted by atomic mass is 10.1. The Hall–Kier alpha value is -2.28. The highest BCUT2D eigenvalue weighted by Gasteiger charge is 2.13. The SMILES string of the molecule is CCOc1cc(NS(C)(=O)=O)ccc1-c1cnccc1OC. The van der Waals surface area contributed by atoms with Gasteiger partial charge in [-0.05, 0) is 25.1 Å². The van der Waals surface area contributed by atoms with Crippen molar-refractivity contribution >= 4 is 15.7 Å². The van der Waals surface area contributed by atoms with Crippen molar-refractivity contribution in [1.29, 1.82) is 0 Å². The Morgan fingerprint density at radius 1 is 1.18 bits per heavy atom. The molecule has 7 heteroatoms. The van der Waals surface area contributed by atoms with Crippen LogP contribution in [0.2, 0.25) is 0 Å². The predicted molar refractivity (Wildman–Crippen MR) is 85.9 cm³/mol. The third-order valence-electron chi connectivity index (χ3n) is 2.88. The first-order valence-electron chi connectivity index (χ1n) is 6.67. The van der Waals surface area contributed by atoms with Crippen LogP contribution in [0.25, 0.3) is 11.1 Å². The highest BCUT2D eigenvalue weighted by Crippen LogP contribution is 2.37. The molecule has 1 N–H and O–H groups in total. The lowest BCUT2D eigenvalue weighted by Crippen LogP contribution is -2.09. The molecular formula is C15H18N2O4S. The van der Waals surface area contributed by atoms with E-state index in [9.17, 15) is 8.42 Å². The Balaban J connectivity index is 2.51. The molecule has 0 fully saturated rings. The predicted octanol–water partition coefficient (Wildman–Crippen LogP) is 2.53. The molecule has 0 unspecified atom stereocenters. The van der Waals surface area contributed by atoms with E-state index in [1.165, 1.54) is 0 Å². The van der Waals surface area contributed by atoms with E-state index >= 15 is 0 Å². The fourth-order valence-electron chi connectivity index (χ4n) is 2.06. The first-order chi connectivity index (χ1) is 10.4. The summed E-state index contributed by atoms with van der Waals surface area (Å²) in [5.41, 5.74) is 2.00. The van der Waals surface area contributed by atoms with Crippen molar-refractivity contribution in [3.05, 3.63) is 36.7 Å². The van der Waals surface area contributed by atoms with Gasteiger partial charge in [0.15, 0.2) is 0 Å². The normalized spacial score (nSPS) is 11.0. The van der Waals surface area contributed by atoms with Crippen molar-refractivity contribution in [1.82, 2.24) is 4.98 Å². The van der Waals surface area contributed by atoms with Crippen molar-refractivity contribution in [2.24, 2.45) is 0 Å². The van der Waals surface area contributed by atoms with Crippen molar-refractivity contribution in [3.63, 3.8) is 0 Å². The minimum atomic E-state index is -3.34. The van der Waals surface area contributed by atoms with Gasteiger partial charge in [0.2, 0.25) is 10.0 Å². The summed E-state index contributed by atoms with van der Waals surface area (Å²) in [6.45, 7) is 2.32. The summed E-state index contributed by atoms with van der Waals surface area (Å²) in [5, 5.41) is 0. The number of nitrogens with zero attached hydrogens (tertiary/aromatic N) is 1. The molecule has 0 saturated carbocycles. The molecule has 0 aliphatic heterocycles. The van der Waals surface area contributed by atoms with Gasteiger partial charge in [-0.15, -0.1) is 0 Å². The summed E-state index contributed by atoms with van der Waals surface area (Å²) in [7, 11) is -1.76. The minimum absolute atomic E-state index is 0.442. The number of methoxy groups -OCH3 is 1. The first kappa shape index (κ1) is 16.1. The molecule has 0 aliphatic rings. The lowest BCUT2D eigenvalue weighted by Gasteiger charge is -2.14. The summed E-state index contributed by atoms with van der Waals surface area (Å²) in [5.74, 6) is 1.22. The summed E-state index contributed by atoms with van der Waals surface area (Å²) in [6, 6.07) is 6.85. The van der Waals surface area contributed by atoms with Crippen molar-refractivity contribution in [3.8, 4) is 22.6 Å². The molecule has 2 aromatic rings. The van der Waals surface area contributed by atoms with E-state index < -0.39 is 10.0 Å². The third kappa shape index (κ3) is 3.88. The van der Waals surface area contributed by atoms with Crippen LogP contribution < -0.4 is 14.2 Å². The van der Waals surface area contributed by atoms with E-state index in [2.05, 4.69) is 9.71 Å². The molecule has 2 rings (SSSR count). The third-order valence-corrected chi connectivity index (χ3v) is 3.48. The second-order valence-corrected chi connectivity index (χ2v) is 6.34. The van der Waals surface area contributed by atoms with Crippen LogP contribution in [-0.2, 0) is 10.0 Å². The number of aromatic nitrogens is 1. The number of anilines is 1. The Bertz CT molecular complexity index is 760. The molecule has 0 spiro atoms. The molecule has 0 radical (unpaired) electrons. The van der Waals surface area contributed by atoms with Gasteiger partial charge in [0.1, 0.15) is 11.5 Å². The first-order valence-corrected chi connectivity index (χ1v) is 8.56. The van der Waals surface area contributed by atoms with E-state index in [0.717, 1.165) is 17.4 Å². The molecule has 0 saturated heterocycles. The average molecular weight is 322 g/mol. The molecule has 0 aliphatic carbocycles. The Kier molecular flexibility index (Phi) is 4.87. The Morgan fingerprint density at radius 2 is 1.95 bits per heavy atom. The van der Waals surface area contributed by atoms with E-state index in [0.29, 0.717) is 23.8 Å². The number of nitrogens with one attached hydrogen (secondary N) is 1. The zero-order valence-corrected chi connectivity index (χ0v) is 13.5. The monoisotopic (exact) mass is 322 g/mol. The highest BCUT2D eigenvalue weighted by molar-refractivity contribution is 7.92. The molecule has 1 aromatic carbocycles. The highest BCUT2D eigenvalue weighted by atomic mass is 32.2. The molecule has 118 valence electrons. The molecule has 0 atom stereocenters. The van der Waals surface area contributed by atoms with Gasteiger partial charge in [-0.25, -0.2) is 8.42 Å². The molecule has 0 amide bonds. The van der Waals surface area contributed by atoms with Gasteiger partial charge in [-0.1, -0.05) is 0 Å². The van der Waals surface area contributed by atoms with Gasteiger partial charge >= 0.3 is 0 Å². The van der Waals surface area contributed by atoms with Crippen LogP contribution in [0.3, 0.4) is 0 Å². The molecule has 1 heterocycles. The minimum Gasteiger partial charge on any atom is -0.496 e. The van der Waals surface area contributed by atoms with Crippen LogP contribution in [0.5, 0.6) is 11.5 Å². The number of rotatable bonds is 6. The summed E-state index contributed by atoms with van der Waals surface area (Å²) < 4.78 is 36.1. The molecule has 1 aromatic heterocycles. The maximum atomic E-state index is 11.3. The second kappa shape index (κ2) is 6.65. The molecule has 22 heavy (non-hydrogen) atoms. The molecule has 6 nitrogen and oxygen atoms in total.